The van der Waals surface area contributed by atoms with Gasteiger partial charge in [0.15, 0.2) is 0 Å². The fourth-order valence-electron chi connectivity index (χ4n) is 3.39. The molecular formula is C22H26ClN3O2. The Hall–Kier alpha value is -2.37. The molecule has 1 N–H and O–H groups in total. The van der Waals surface area contributed by atoms with Crippen LogP contribution in [0.4, 0.5) is 0 Å². The highest BCUT2D eigenvalue weighted by Gasteiger charge is 2.21. The van der Waals surface area contributed by atoms with Crippen molar-refractivity contribution in [1.82, 2.24) is 15.1 Å². The Morgan fingerprint density at radius 1 is 1.11 bits per heavy atom. The van der Waals surface area contributed by atoms with E-state index in [2.05, 4.69) is 11.4 Å². The van der Waals surface area contributed by atoms with Gasteiger partial charge in [0, 0.05) is 56.3 Å². The molecule has 0 aliphatic carbocycles. The molecule has 2 aromatic rings. The van der Waals surface area contributed by atoms with E-state index in [9.17, 15) is 9.59 Å². The molecule has 0 spiro atoms. The molecule has 0 radical (unpaired) electrons. The molecule has 1 fully saturated rings. The molecule has 1 aliphatic rings. The third-order valence-corrected chi connectivity index (χ3v) is 5.12. The zero-order valence-corrected chi connectivity index (χ0v) is 16.9. The highest BCUT2D eigenvalue weighted by atomic mass is 35.5. The smallest absolute Gasteiger partial charge is 0.254 e. The van der Waals surface area contributed by atoms with Gasteiger partial charge >= 0.3 is 0 Å². The summed E-state index contributed by atoms with van der Waals surface area (Å²) in [7, 11) is 0. The number of amides is 2. The quantitative estimate of drug-likeness (QED) is 0.812. The monoisotopic (exact) mass is 399 g/mol. The van der Waals surface area contributed by atoms with Crippen molar-refractivity contribution in [3.8, 4) is 0 Å². The number of hydrogen-bond acceptors (Lipinski definition) is 3. The van der Waals surface area contributed by atoms with Crippen LogP contribution >= 0.6 is 11.6 Å². The first-order chi connectivity index (χ1) is 13.5. The summed E-state index contributed by atoms with van der Waals surface area (Å²) in [6.07, 6.45) is 0.318. The number of halogens is 1. The first-order valence-corrected chi connectivity index (χ1v) is 9.99. The van der Waals surface area contributed by atoms with Crippen LogP contribution in [0, 0.1) is 6.92 Å². The van der Waals surface area contributed by atoms with Crippen molar-refractivity contribution in [3.05, 3.63) is 70.2 Å². The Balaban J connectivity index is 1.73. The van der Waals surface area contributed by atoms with Crippen LogP contribution in [-0.2, 0) is 11.3 Å². The van der Waals surface area contributed by atoms with Gasteiger partial charge in [-0.15, -0.1) is 0 Å². The molecule has 0 atom stereocenters. The van der Waals surface area contributed by atoms with Gasteiger partial charge in [0.05, 0.1) is 0 Å². The fourth-order valence-corrected chi connectivity index (χ4v) is 3.58. The van der Waals surface area contributed by atoms with Crippen molar-refractivity contribution in [3.63, 3.8) is 0 Å². The summed E-state index contributed by atoms with van der Waals surface area (Å²) < 4.78 is 0. The topological polar surface area (TPSA) is 52.7 Å². The van der Waals surface area contributed by atoms with Crippen LogP contribution in [0.1, 0.15) is 27.9 Å². The van der Waals surface area contributed by atoms with Crippen molar-refractivity contribution in [2.45, 2.75) is 19.9 Å². The van der Waals surface area contributed by atoms with Crippen LogP contribution in [-0.4, -0.2) is 54.3 Å². The molecule has 0 bridgehead atoms. The highest BCUT2D eigenvalue weighted by molar-refractivity contribution is 6.30. The average molecular weight is 400 g/mol. The number of nitrogens with zero attached hydrogens (tertiary/aromatic N) is 2. The molecule has 0 unspecified atom stereocenters. The van der Waals surface area contributed by atoms with Gasteiger partial charge in [-0.2, -0.15) is 0 Å². The third kappa shape index (κ3) is 5.57. The van der Waals surface area contributed by atoms with Gasteiger partial charge in [0.25, 0.3) is 5.91 Å². The van der Waals surface area contributed by atoms with Crippen molar-refractivity contribution in [2.24, 2.45) is 0 Å². The standard InChI is InChI=1S/C22H26ClN3O2/c1-17-4-2-5-18(14-17)16-26(22(28)19-6-3-7-20(23)15-19)11-8-21(27)25-12-9-24-10-13-25/h2-7,14-15,24H,8-13,16H2,1H3. The Morgan fingerprint density at radius 2 is 1.86 bits per heavy atom. The number of rotatable bonds is 6. The molecule has 3 rings (SSSR count). The number of hydrogen-bond donors (Lipinski definition) is 1. The van der Waals surface area contributed by atoms with Crippen LogP contribution in [0.15, 0.2) is 48.5 Å². The molecule has 6 heteroatoms. The van der Waals surface area contributed by atoms with Crippen molar-refractivity contribution < 1.29 is 9.59 Å². The van der Waals surface area contributed by atoms with Gasteiger partial charge in [0.1, 0.15) is 0 Å². The Morgan fingerprint density at radius 3 is 2.57 bits per heavy atom. The maximum atomic E-state index is 13.1. The summed E-state index contributed by atoms with van der Waals surface area (Å²) in [6.45, 7) is 5.95. The predicted molar refractivity (Wildman–Crippen MR) is 111 cm³/mol. The first kappa shape index (κ1) is 20.4. The average Bonchev–Trinajstić information content (AvgIpc) is 2.71. The molecule has 2 aromatic carbocycles. The Bertz CT molecular complexity index is 834. The lowest BCUT2D eigenvalue weighted by atomic mass is 10.1. The zero-order chi connectivity index (χ0) is 19.9. The number of carbonyl (C=O) groups is 2. The van der Waals surface area contributed by atoms with Crippen molar-refractivity contribution >= 4 is 23.4 Å². The van der Waals surface area contributed by atoms with E-state index in [1.165, 1.54) is 0 Å². The molecule has 0 saturated carbocycles. The third-order valence-electron chi connectivity index (χ3n) is 4.88. The summed E-state index contributed by atoms with van der Waals surface area (Å²) in [5.41, 5.74) is 2.73. The number of carbonyl (C=O) groups excluding carboxylic acids is 2. The van der Waals surface area contributed by atoms with E-state index in [0.29, 0.717) is 30.1 Å². The fraction of sp³-hybridized carbons (Fsp3) is 0.364. The second-order valence-corrected chi connectivity index (χ2v) is 7.54. The number of piperazine rings is 1. The summed E-state index contributed by atoms with van der Waals surface area (Å²) in [4.78, 5) is 29.3. The minimum absolute atomic E-state index is 0.0923. The molecule has 28 heavy (non-hydrogen) atoms. The van der Waals surface area contributed by atoms with E-state index in [1.807, 2.05) is 30.0 Å². The van der Waals surface area contributed by atoms with Gasteiger partial charge in [0.2, 0.25) is 5.91 Å². The lowest BCUT2D eigenvalue weighted by molar-refractivity contribution is -0.132. The minimum atomic E-state index is -0.114. The second kappa shape index (κ2) is 9.71. The normalized spacial score (nSPS) is 14.0. The van der Waals surface area contributed by atoms with Crippen LogP contribution in [0.25, 0.3) is 0 Å². The van der Waals surface area contributed by atoms with E-state index in [-0.39, 0.29) is 11.8 Å². The van der Waals surface area contributed by atoms with E-state index in [0.717, 1.165) is 37.3 Å². The van der Waals surface area contributed by atoms with Gasteiger partial charge in [-0.3, -0.25) is 9.59 Å². The SMILES string of the molecule is Cc1cccc(CN(CCC(=O)N2CCNCC2)C(=O)c2cccc(Cl)c2)c1. The highest BCUT2D eigenvalue weighted by Crippen LogP contribution is 2.16. The van der Waals surface area contributed by atoms with Crippen LogP contribution < -0.4 is 5.32 Å². The van der Waals surface area contributed by atoms with E-state index < -0.39 is 0 Å². The lowest BCUT2D eigenvalue weighted by Crippen LogP contribution is -2.47. The van der Waals surface area contributed by atoms with Crippen LogP contribution in [0.5, 0.6) is 0 Å². The first-order valence-electron chi connectivity index (χ1n) is 9.62. The number of aryl methyl sites for hydroxylation is 1. The van der Waals surface area contributed by atoms with E-state index in [4.69, 9.17) is 11.6 Å². The zero-order valence-electron chi connectivity index (χ0n) is 16.2. The summed E-state index contributed by atoms with van der Waals surface area (Å²) in [5, 5.41) is 3.77. The van der Waals surface area contributed by atoms with Crippen LogP contribution in [0.3, 0.4) is 0 Å². The molecule has 0 aromatic heterocycles. The number of nitrogens with one attached hydrogen (secondary N) is 1. The maximum absolute atomic E-state index is 13.1. The predicted octanol–water partition coefficient (Wildman–Crippen LogP) is 3.11. The van der Waals surface area contributed by atoms with E-state index >= 15 is 0 Å². The molecular weight excluding hydrogens is 374 g/mol. The van der Waals surface area contributed by atoms with Gasteiger partial charge < -0.3 is 15.1 Å². The molecule has 5 nitrogen and oxygen atoms in total. The summed E-state index contributed by atoms with van der Waals surface area (Å²) in [5.74, 6) is -0.0215. The van der Waals surface area contributed by atoms with Crippen molar-refractivity contribution in [2.75, 3.05) is 32.7 Å². The van der Waals surface area contributed by atoms with Crippen LogP contribution in [0.2, 0.25) is 5.02 Å². The van der Waals surface area contributed by atoms with Gasteiger partial charge in [-0.05, 0) is 30.7 Å². The Labute approximate surface area is 171 Å². The second-order valence-electron chi connectivity index (χ2n) is 7.11. The van der Waals surface area contributed by atoms with Gasteiger partial charge in [-0.1, -0.05) is 47.5 Å². The minimum Gasteiger partial charge on any atom is -0.340 e. The molecule has 1 aliphatic heterocycles. The number of benzene rings is 2. The Kier molecular flexibility index (Phi) is 7.06. The lowest BCUT2D eigenvalue weighted by Gasteiger charge is -2.29. The summed E-state index contributed by atoms with van der Waals surface area (Å²) in [6, 6.07) is 15.0. The molecule has 2 amide bonds. The maximum Gasteiger partial charge on any atom is 0.254 e. The van der Waals surface area contributed by atoms with Gasteiger partial charge in [-0.25, -0.2) is 0 Å². The van der Waals surface area contributed by atoms with Crippen molar-refractivity contribution in [1.29, 1.82) is 0 Å². The molecule has 1 heterocycles. The summed E-state index contributed by atoms with van der Waals surface area (Å²) >= 11 is 6.07. The largest absolute Gasteiger partial charge is 0.340 e. The molecule has 148 valence electrons. The van der Waals surface area contributed by atoms with E-state index in [1.54, 1.807) is 29.2 Å². The molecule has 1 saturated heterocycles.